The maximum absolute atomic E-state index is 11.0. The minimum atomic E-state index is -0.415. The third kappa shape index (κ3) is 3.56. The fraction of sp³-hybridized carbons (Fsp3) is 0.238. The summed E-state index contributed by atoms with van der Waals surface area (Å²) >= 11 is 0. The number of aryl methyl sites for hydroxylation is 2. The van der Waals surface area contributed by atoms with Gasteiger partial charge in [0.2, 0.25) is 0 Å². The highest BCUT2D eigenvalue weighted by Crippen LogP contribution is 2.38. The molecule has 1 aliphatic rings. The van der Waals surface area contributed by atoms with Gasteiger partial charge in [0.05, 0.1) is 28.1 Å². The molecule has 0 spiro atoms. The predicted molar refractivity (Wildman–Crippen MR) is 110 cm³/mol. The van der Waals surface area contributed by atoms with Crippen molar-refractivity contribution in [3.63, 3.8) is 0 Å². The number of hydrogen-bond donors (Lipinski definition) is 1. The van der Waals surface area contributed by atoms with Crippen LogP contribution >= 0.6 is 0 Å². The van der Waals surface area contributed by atoms with Crippen LogP contribution < -0.4 is 5.01 Å². The number of aromatic hydroxyl groups is 1. The zero-order valence-corrected chi connectivity index (χ0v) is 16.2. The molecule has 148 valence electrons. The Bertz CT molecular complexity index is 1090. The Balaban J connectivity index is 1.76. The Morgan fingerprint density at radius 1 is 1.24 bits per heavy atom. The highest BCUT2D eigenvalue weighted by Gasteiger charge is 2.32. The highest BCUT2D eigenvalue weighted by atomic mass is 16.6. The number of rotatable bonds is 5. The summed E-state index contributed by atoms with van der Waals surface area (Å²) < 4.78 is 1.89. The molecule has 1 aromatic heterocycles. The number of phenolic OH excluding ortho intramolecular Hbond substituents is 1. The minimum absolute atomic E-state index is 0.0386. The van der Waals surface area contributed by atoms with Crippen molar-refractivity contribution in [2.24, 2.45) is 5.10 Å². The van der Waals surface area contributed by atoms with Gasteiger partial charge in [0.15, 0.2) is 0 Å². The summed E-state index contributed by atoms with van der Waals surface area (Å²) in [6.07, 6.45) is 2.66. The average Bonchev–Trinajstić information content (AvgIpc) is 3.31. The lowest BCUT2D eigenvalue weighted by Crippen LogP contribution is -2.18. The van der Waals surface area contributed by atoms with E-state index in [1.54, 1.807) is 30.3 Å². The summed E-state index contributed by atoms with van der Waals surface area (Å²) in [5.41, 5.74) is 4.48. The van der Waals surface area contributed by atoms with E-state index in [2.05, 4.69) is 5.10 Å². The molecular weight excluding hydrogens is 370 g/mol. The highest BCUT2D eigenvalue weighted by molar-refractivity contribution is 6.03. The molecule has 0 radical (unpaired) electrons. The molecule has 1 atom stereocenters. The van der Waals surface area contributed by atoms with Crippen LogP contribution in [0.1, 0.15) is 36.2 Å². The summed E-state index contributed by atoms with van der Waals surface area (Å²) in [5.74, 6) is 0.186. The van der Waals surface area contributed by atoms with Crippen LogP contribution in [0.2, 0.25) is 0 Å². The third-order valence-corrected chi connectivity index (χ3v) is 5.08. The topological polar surface area (TPSA) is 96.8 Å². The summed E-state index contributed by atoms with van der Waals surface area (Å²) in [6.45, 7) is 4.78. The zero-order valence-electron chi connectivity index (χ0n) is 16.2. The summed E-state index contributed by atoms with van der Waals surface area (Å²) in [6, 6.07) is 13.3. The van der Waals surface area contributed by atoms with Gasteiger partial charge >= 0.3 is 0 Å². The quantitative estimate of drug-likeness (QED) is 0.520. The van der Waals surface area contributed by atoms with Gasteiger partial charge in [-0.15, -0.1) is 0 Å². The molecule has 4 rings (SSSR count). The summed E-state index contributed by atoms with van der Waals surface area (Å²) in [4.78, 5) is 10.6. The fourth-order valence-electron chi connectivity index (χ4n) is 3.60. The van der Waals surface area contributed by atoms with Gasteiger partial charge < -0.3 is 5.11 Å². The molecule has 0 saturated heterocycles. The lowest BCUT2D eigenvalue weighted by Gasteiger charge is -2.23. The first-order valence-corrected chi connectivity index (χ1v) is 9.40. The van der Waals surface area contributed by atoms with Crippen LogP contribution in [0.25, 0.3) is 0 Å². The van der Waals surface area contributed by atoms with Crippen molar-refractivity contribution in [2.45, 2.75) is 32.9 Å². The minimum Gasteiger partial charge on any atom is -0.508 e. The maximum atomic E-state index is 11.0. The number of hydrogen-bond acceptors (Lipinski definition) is 6. The lowest BCUT2D eigenvalue weighted by molar-refractivity contribution is -0.384. The molecule has 0 amide bonds. The summed E-state index contributed by atoms with van der Waals surface area (Å²) in [7, 11) is 0. The molecular formula is C21H21N5O3. The van der Waals surface area contributed by atoms with E-state index in [9.17, 15) is 15.2 Å². The van der Waals surface area contributed by atoms with Gasteiger partial charge in [-0.3, -0.25) is 19.8 Å². The Morgan fingerprint density at radius 2 is 2.00 bits per heavy atom. The van der Waals surface area contributed by atoms with Crippen LogP contribution in [-0.4, -0.2) is 25.5 Å². The normalized spacial score (nSPS) is 16.1. The first-order chi connectivity index (χ1) is 14.0. The Morgan fingerprint density at radius 3 is 2.62 bits per heavy atom. The fourth-order valence-corrected chi connectivity index (χ4v) is 3.60. The van der Waals surface area contributed by atoms with Crippen molar-refractivity contribution in [2.75, 3.05) is 5.01 Å². The first kappa shape index (κ1) is 18.7. The van der Waals surface area contributed by atoms with E-state index in [1.165, 1.54) is 12.1 Å². The molecule has 2 aromatic carbocycles. The van der Waals surface area contributed by atoms with Crippen LogP contribution in [0.3, 0.4) is 0 Å². The van der Waals surface area contributed by atoms with Crippen LogP contribution in [-0.2, 0) is 6.54 Å². The van der Waals surface area contributed by atoms with Crippen LogP contribution in [0.15, 0.2) is 59.8 Å². The van der Waals surface area contributed by atoms with Crippen molar-refractivity contribution in [1.29, 1.82) is 0 Å². The number of phenols is 1. The van der Waals surface area contributed by atoms with E-state index in [0.717, 1.165) is 34.8 Å². The van der Waals surface area contributed by atoms with Crippen LogP contribution in [0, 0.1) is 17.0 Å². The summed E-state index contributed by atoms with van der Waals surface area (Å²) in [5, 5.41) is 32.1. The van der Waals surface area contributed by atoms with Crippen molar-refractivity contribution in [1.82, 2.24) is 9.78 Å². The Hall–Kier alpha value is -3.68. The Labute approximate surface area is 167 Å². The number of nitro benzene ring substituents is 1. The molecule has 8 heteroatoms. The second kappa shape index (κ2) is 7.38. The first-order valence-electron chi connectivity index (χ1n) is 9.40. The van der Waals surface area contributed by atoms with Gasteiger partial charge in [-0.25, -0.2) is 0 Å². The molecule has 1 N–H and O–H groups in total. The SMILES string of the molecule is CCn1cc(C2CC(c3cccc(O)c3)=NN2c2ccc([N+](=O)[O-])cc2)c(C)n1. The molecule has 1 unspecified atom stereocenters. The maximum Gasteiger partial charge on any atom is 0.269 e. The average molecular weight is 391 g/mol. The van der Waals surface area contributed by atoms with Crippen molar-refractivity contribution < 1.29 is 10.0 Å². The molecule has 1 aliphatic heterocycles. The van der Waals surface area contributed by atoms with Gasteiger partial charge in [-0.2, -0.15) is 10.2 Å². The monoisotopic (exact) mass is 391 g/mol. The van der Waals surface area contributed by atoms with Crippen molar-refractivity contribution >= 4 is 17.1 Å². The molecule has 29 heavy (non-hydrogen) atoms. The van der Waals surface area contributed by atoms with Crippen molar-refractivity contribution in [3.05, 3.63) is 81.7 Å². The van der Waals surface area contributed by atoms with Crippen molar-refractivity contribution in [3.8, 4) is 5.75 Å². The molecule has 0 fully saturated rings. The number of nitrogens with zero attached hydrogens (tertiary/aromatic N) is 5. The third-order valence-electron chi connectivity index (χ3n) is 5.08. The standard InChI is InChI=1S/C21H21N5O3/c1-3-24-13-19(14(2)22-24)21-12-20(15-5-4-6-18(27)11-15)23-25(21)16-7-9-17(10-8-16)26(28)29/h4-11,13,21,27H,3,12H2,1-2H3. The Kier molecular flexibility index (Phi) is 4.75. The van der Waals surface area contributed by atoms with E-state index in [4.69, 9.17) is 5.10 Å². The van der Waals surface area contributed by atoms with Gasteiger partial charge in [0.25, 0.3) is 5.69 Å². The lowest BCUT2D eigenvalue weighted by atomic mass is 9.98. The van der Waals surface area contributed by atoms with Gasteiger partial charge in [0, 0.05) is 42.4 Å². The second-order valence-corrected chi connectivity index (χ2v) is 6.96. The number of nitro groups is 1. The van der Waals surface area contributed by atoms with E-state index in [-0.39, 0.29) is 17.5 Å². The number of anilines is 1. The number of hydrazone groups is 1. The van der Waals surface area contributed by atoms with Crippen LogP contribution in [0.5, 0.6) is 5.75 Å². The number of aromatic nitrogens is 2. The number of benzene rings is 2. The van der Waals surface area contributed by atoms with Gasteiger partial charge in [-0.1, -0.05) is 12.1 Å². The molecule has 2 heterocycles. The number of non-ortho nitro benzene ring substituents is 1. The molecule has 0 saturated carbocycles. The van der Waals surface area contributed by atoms with E-state index in [1.807, 2.05) is 35.8 Å². The largest absolute Gasteiger partial charge is 0.508 e. The molecule has 0 aliphatic carbocycles. The zero-order chi connectivity index (χ0) is 20.5. The molecule has 8 nitrogen and oxygen atoms in total. The second-order valence-electron chi connectivity index (χ2n) is 6.96. The van der Waals surface area contributed by atoms with Gasteiger partial charge in [-0.05, 0) is 38.1 Å². The van der Waals surface area contributed by atoms with Gasteiger partial charge in [0.1, 0.15) is 5.75 Å². The predicted octanol–water partition coefficient (Wildman–Crippen LogP) is 4.18. The smallest absolute Gasteiger partial charge is 0.269 e. The van der Waals surface area contributed by atoms with E-state index >= 15 is 0 Å². The van der Waals surface area contributed by atoms with Crippen LogP contribution in [0.4, 0.5) is 11.4 Å². The van der Waals surface area contributed by atoms with E-state index in [0.29, 0.717) is 6.42 Å². The molecule has 3 aromatic rings. The molecule has 0 bridgehead atoms. The van der Waals surface area contributed by atoms with E-state index < -0.39 is 4.92 Å².